The van der Waals surface area contributed by atoms with Gasteiger partial charge in [0.05, 0.1) is 7.11 Å². The van der Waals surface area contributed by atoms with Crippen molar-refractivity contribution >= 4 is 11.9 Å². The van der Waals surface area contributed by atoms with Gasteiger partial charge in [0.25, 0.3) is 0 Å². The molecule has 2 heterocycles. The summed E-state index contributed by atoms with van der Waals surface area (Å²) in [4.78, 5) is 15.4. The third kappa shape index (κ3) is 3.95. The number of anilines is 2. The summed E-state index contributed by atoms with van der Waals surface area (Å²) in [6.45, 7) is 7.28. The highest BCUT2D eigenvalue weighted by Gasteiger charge is 2.18. The molecule has 1 saturated heterocycles. The van der Waals surface area contributed by atoms with Crippen molar-refractivity contribution < 1.29 is 4.74 Å². The SMILES string of the molecule is CCCNc1nc(OC)nc(N2CCCC(C)CC2)n1. The molecule has 112 valence electrons. The van der Waals surface area contributed by atoms with Crippen LogP contribution in [-0.2, 0) is 0 Å². The van der Waals surface area contributed by atoms with Gasteiger partial charge in [-0.25, -0.2) is 0 Å². The Balaban J connectivity index is 2.16. The van der Waals surface area contributed by atoms with Crippen molar-refractivity contribution in [3.05, 3.63) is 0 Å². The fourth-order valence-corrected chi connectivity index (χ4v) is 2.36. The average molecular weight is 279 g/mol. The van der Waals surface area contributed by atoms with Crippen LogP contribution in [0.2, 0.25) is 0 Å². The van der Waals surface area contributed by atoms with Crippen LogP contribution in [0.4, 0.5) is 11.9 Å². The summed E-state index contributed by atoms with van der Waals surface area (Å²) in [7, 11) is 1.59. The first kappa shape index (κ1) is 14.8. The van der Waals surface area contributed by atoms with Crippen LogP contribution in [0.15, 0.2) is 0 Å². The minimum Gasteiger partial charge on any atom is -0.467 e. The summed E-state index contributed by atoms with van der Waals surface area (Å²) in [5.41, 5.74) is 0. The standard InChI is InChI=1S/C14H25N5O/c1-4-8-15-12-16-13(18-14(17-12)20-3)19-9-5-6-11(2)7-10-19/h11H,4-10H2,1-3H3,(H,15,16,17,18). The molecule has 20 heavy (non-hydrogen) atoms. The minimum atomic E-state index is 0.380. The van der Waals surface area contributed by atoms with E-state index in [-0.39, 0.29) is 0 Å². The van der Waals surface area contributed by atoms with E-state index in [1.807, 2.05) is 0 Å². The first-order valence-corrected chi connectivity index (χ1v) is 7.51. The van der Waals surface area contributed by atoms with E-state index in [0.29, 0.717) is 12.0 Å². The Bertz CT molecular complexity index is 426. The van der Waals surface area contributed by atoms with E-state index < -0.39 is 0 Å². The number of methoxy groups -OCH3 is 1. The molecular formula is C14H25N5O. The maximum absolute atomic E-state index is 5.19. The molecule has 1 aliphatic rings. The van der Waals surface area contributed by atoms with Gasteiger partial charge in [-0.05, 0) is 31.6 Å². The number of nitrogens with one attached hydrogen (secondary N) is 1. The Morgan fingerprint density at radius 2 is 2.10 bits per heavy atom. The molecule has 1 aliphatic heterocycles. The van der Waals surface area contributed by atoms with E-state index in [0.717, 1.165) is 37.9 Å². The maximum atomic E-state index is 5.19. The second-order valence-electron chi connectivity index (χ2n) is 5.40. The van der Waals surface area contributed by atoms with E-state index in [9.17, 15) is 0 Å². The molecule has 0 spiro atoms. The van der Waals surface area contributed by atoms with Gasteiger partial charge in [0.2, 0.25) is 11.9 Å². The van der Waals surface area contributed by atoms with Gasteiger partial charge in [0.1, 0.15) is 0 Å². The molecular weight excluding hydrogens is 254 g/mol. The van der Waals surface area contributed by atoms with Crippen LogP contribution in [-0.4, -0.2) is 41.7 Å². The third-order valence-corrected chi connectivity index (χ3v) is 3.62. The first-order chi connectivity index (χ1) is 9.72. The van der Waals surface area contributed by atoms with Gasteiger partial charge in [-0.3, -0.25) is 0 Å². The number of hydrogen-bond donors (Lipinski definition) is 1. The molecule has 6 heteroatoms. The van der Waals surface area contributed by atoms with Gasteiger partial charge in [-0.15, -0.1) is 0 Å². The number of nitrogens with zero attached hydrogens (tertiary/aromatic N) is 4. The van der Waals surface area contributed by atoms with E-state index in [4.69, 9.17) is 4.74 Å². The largest absolute Gasteiger partial charge is 0.467 e. The van der Waals surface area contributed by atoms with Gasteiger partial charge < -0.3 is 15.0 Å². The maximum Gasteiger partial charge on any atom is 0.322 e. The quantitative estimate of drug-likeness (QED) is 0.892. The number of aromatic nitrogens is 3. The van der Waals surface area contributed by atoms with Gasteiger partial charge in [-0.2, -0.15) is 15.0 Å². The number of hydrogen-bond acceptors (Lipinski definition) is 6. The molecule has 1 fully saturated rings. The van der Waals surface area contributed by atoms with Gasteiger partial charge >= 0.3 is 6.01 Å². The zero-order valence-electron chi connectivity index (χ0n) is 12.7. The molecule has 1 unspecified atom stereocenters. The van der Waals surface area contributed by atoms with Crippen molar-refractivity contribution in [2.45, 2.75) is 39.5 Å². The fourth-order valence-electron chi connectivity index (χ4n) is 2.36. The van der Waals surface area contributed by atoms with Crippen molar-refractivity contribution in [1.82, 2.24) is 15.0 Å². The summed E-state index contributed by atoms with van der Waals surface area (Å²) in [6, 6.07) is 0.380. The highest BCUT2D eigenvalue weighted by atomic mass is 16.5. The lowest BCUT2D eigenvalue weighted by Gasteiger charge is -2.21. The van der Waals surface area contributed by atoms with Crippen LogP contribution < -0.4 is 15.0 Å². The van der Waals surface area contributed by atoms with Crippen LogP contribution in [0.3, 0.4) is 0 Å². The van der Waals surface area contributed by atoms with Crippen molar-refractivity contribution in [3.8, 4) is 6.01 Å². The Hall–Kier alpha value is -1.59. The number of ether oxygens (including phenoxy) is 1. The molecule has 1 aromatic rings. The molecule has 0 bridgehead atoms. The van der Waals surface area contributed by atoms with E-state index in [1.54, 1.807) is 7.11 Å². The van der Waals surface area contributed by atoms with Crippen LogP contribution in [0, 0.1) is 5.92 Å². The Morgan fingerprint density at radius 3 is 2.85 bits per heavy atom. The summed E-state index contributed by atoms with van der Waals surface area (Å²) >= 11 is 0. The number of rotatable bonds is 5. The smallest absolute Gasteiger partial charge is 0.322 e. The van der Waals surface area contributed by atoms with Crippen LogP contribution >= 0.6 is 0 Å². The summed E-state index contributed by atoms with van der Waals surface area (Å²) in [5, 5.41) is 3.20. The summed E-state index contributed by atoms with van der Waals surface area (Å²) in [6.07, 6.45) is 4.68. The van der Waals surface area contributed by atoms with Crippen molar-refractivity contribution in [3.63, 3.8) is 0 Å². The molecule has 6 nitrogen and oxygen atoms in total. The third-order valence-electron chi connectivity index (χ3n) is 3.62. The summed E-state index contributed by atoms with van der Waals surface area (Å²) in [5.74, 6) is 2.11. The van der Waals surface area contributed by atoms with Crippen LogP contribution in [0.25, 0.3) is 0 Å². The minimum absolute atomic E-state index is 0.380. The highest BCUT2D eigenvalue weighted by molar-refractivity contribution is 5.38. The zero-order valence-corrected chi connectivity index (χ0v) is 12.7. The molecule has 0 radical (unpaired) electrons. The molecule has 2 rings (SSSR count). The molecule has 0 saturated carbocycles. The predicted octanol–water partition coefficient (Wildman–Crippen LogP) is 2.33. The predicted molar refractivity (Wildman–Crippen MR) is 80.4 cm³/mol. The molecule has 0 amide bonds. The topological polar surface area (TPSA) is 63.2 Å². The second-order valence-corrected chi connectivity index (χ2v) is 5.40. The average Bonchev–Trinajstić information content (AvgIpc) is 2.69. The molecule has 1 aromatic heterocycles. The lowest BCUT2D eigenvalue weighted by Crippen LogP contribution is -2.27. The highest BCUT2D eigenvalue weighted by Crippen LogP contribution is 2.21. The normalized spacial score (nSPS) is 19.6. The summed E-state index contributed by atoms with van der Waals surface area (Å²) < 4.78 is 5.19. The first-order valence-electron chi connectivity index (χ1n) is 7.51. The van der Waals surface area contributed by atoms with Crippen molar-refractivity contribution in [1.29, 1.82) is 0 Å². The Labute approximate surface area is 121 Å². The lowest BCUT2D eigenvalue weighted by molar-refractivity contribution is 0.378. The molecule has 0 aliphatic carbocycles. The lowest BCUT2D eigenvalue weighted by atomic mass is 10.0. The Morgan fingerprint density at radius 1 is 1.25 bits per heavy atom. The molecule has 1 N–H and O–H groups in total. The molecule has 0 aromatic carbocycles. The fraction of sp³-hybridized carbons (Fsp3) is 0.786. The molecule has 1 atom stereocenters. The monoisotopic (exact) mass is 279 g/mol. The van der Waals surface area contributed by atoms with E-state index in [1.165, 1.54) is 19.3 Å². The van der Waals surface area contributed by atoms with E-state index in [2.05, 4.69) is 39.0 Å². The van der Waals surface area contributed by atoms with Gasteiger partial charge in [0, 0.05) is 19.6 Å². The van der Waals surface area contributed by atoms with Gasteiger partial charge in [0.15, 0.2) is 0 Å². The van der Waals surface area contributed by atoms with Crippen LogP contribution in [0.5, 0.6) is 6.01 Å². The zero-order chi connectivity index (χ0) is 14.4. The van der Waals surface area contributed by atoms with E-state index >= 15 is 0 Å². The van der Waals surface area contributed by atoms with Crippen molar-refractivity contribution in [2.24, 2.45) is 5.92 Å². The second kappa shape index (κ2) is 7.26. The van der Waals surface area contributed by atoms with Crippen molar-refractivity contribution in [2.75, 3.05) is 37.0 Å². The Kier molecular flexibility index (Phi) is 5.38. The van der Waals surface area contributed by atoms with Crippen LogP contribution in [0.1, 0.15) is 39.5 Å². The van der Waals surface area contributed by atoms with Gasteiger partial charge in [-0.1, -0.05) is 13.8 Å².